The third-order valence-corrected chi connectivity index (χ3v) is 4.15. The number of amides is 2. The highest BCUT2D eigenvalue weighted by atomic mass is 16.5. The van der Waals surface area contributed by atoms with E-state index in [-0.39, 0.29) is 6.10 Å². The molecule has 142 valence electrons. The Kier molecular flexibility index (Phi) is 5.49. The normalized spacial score (nSPS) is 15.3. The number of nitrogens with one attached hydrogen (secondary N) is 2. The van der Waals surface area contributed by atoms with Gasteiger partial charge in [0.05, 0.1) is 18.4 Å². The van der Waals surface area contributed by atoms with Crippen LogP contribution >= 0.6 is 0 Å². The molecule has 0 bridgehead atoms. The lowest BCUT2D eigenvalue weighted by Crippen LogP contribution is -2.40. The fraction of sp³-hybridized carbons (Fsp3) is 0.300. The second-order valence-corrected chi connectivity index (χ2v) is 6.23. The molecule has 0 saturated carbocycles. The van der Waals surface area contributed by atoms with E-state index in [2.05, 4.69) is 10.9 Å². The molecule has 2 aromatic rings. The Morgan fingerprint density at radius 1 is 1.33 bits per heavy atom. The van der Waals surface area contributed by atoms with Crippen molar-refractivity contribution < 1.29 is 23.5 Å². The molecule has 7 heteroatoms. The van der Waals surface area contributed by atoms with Crippen LogP contribution in [0.5, 0.6) is 11.5 Å². The maximum absolute atomic E-state index is 12.0. The van der Waals surface area contributed by atoms with Crippen molar-refractivity contribution in [1.82, 2.24) is 10.9 Å². The summed E-state index contributed by atoms with van der Waals surface area (Å²) in [5, 5.41) is 0. The predicted molar refractivity (Wildman–Crippen MR) is 99.5 cm³/mol. The van der Waals surface area contributed by atoms with Gasteiger partial charge >= 0.3 is 0 Å². The van der Waals surface area contributed by atoms with Gasteiger partial charge in [0.25, 0.3) is 11.8 Å². The van der Waals surface area contributed by atoms with E-state index in [0.29, 0.717) is 23.7 Å². The lowest BCUT2D eigenvalue weighted by molar-refractivity contribution is -0.117. The molecule has 0 saturated heterocycles. The number of aryl methyl sites for hydroxylation is 1. The molecule has 27 heavy (non-hydrogen) atoms. The first-order chi connectivity index (χ1) is 13.0. The third kappa shape index (κ3) is 4.31. The van der Waals surface area contributed by atoms with Gasteiger partial charge in [0.1, 0.15) is 23.4 Å². The van der Waals surface area contributed by atoms with E-state index in [1.54, 1.807) is 13.0 Å². The molecular weight excluding hydrogens is 348 g/mol. The SMILES string of the molecule is CCOc1cc2c(cc1/C=C\C(=O)NNC(=O)c1ccoc1C)O[C@@H](C)C2. The minimum Gasteiger partial charge on any atom is -0.493 e. The van der Waals surface area contributed by atoms with E-state index in [1.165, 1.54) is 18.4 Å². The average Bonchev–Trinajstić information content (AvgIpc) is 3.22. The van der Waals surface area contributed by atoms with Gasteiger partial charge in [-0.3, -0.25) is 20.4 Å². The molecular formula is C20H22N2O5. The molecule has 1 atom stereocenters. The second kappa shape index (κ2) is 7.99. The summed E-state index contributed by atoms with van der Waals surface area (Å²) >= 11 is 0. The minimum absolute atomic E-state index is 0.124. The summed E-state index contributed by atoms with van der Waals surface area (Å²) in [6.45, 7) is 6.10. The number of furan rings is 1. The number of rotatable bonds is 5. The van der Waals surface area contributed by atoms with Crippen LogP contribution in [0.3, 0.4) is 0 Å². The Labute approximate surface area is 157 Å². The summed E-state index contributed by atoms with van der Waals surface area (Å²) in [7, 11) is 0. The highest BCUT2D eigenvalue weighted by Gasteiger charge is 2.21. The van der Waals surface area contributed by atoms with Crippen molar-refractivity contribution in [1.29, 1.82) is 0 Å². The lowest BCUT2D eigenvalue weighted by Gasteiger charge is -2.10. The van der Waals surface area contributed by atoms with Gasteiger partial charge in [0.15, 0.2) is 0 Å². The number of hydrogen-bond acceptors (Lipinski definition) is 5. The number of ether oxygens (including phenoxy) is 2. The molecule has 0 spiro atoms. The standard InChI is InChI=1S/C20H22N2O5/c1-4-25-17-11-15-9-12(2)27-18(15)10-14(17)5-6-19(23)21-22-20(24)16-7-8-26-13(16)3/h5-8,10-12H,4,9H2,1-3H3,(H,21,23)(H,22,24)/b6-5-/t12-/m0/s1. The molecule has 2 N–H and O–H groups in total. The highest BCUT2D eigenvalue weighted by Crippen LogP contribution is 2.35. The molecule has 0 fully saturated rings. The topological polar surface area (TPSA) is 89.8 Å². The third-order valence-electron chi connectivity index (χ3n) is 4.15. The lowest BCUT2D eigenvalue weighted by atomic mass is 10.1. The molecule has 1 aromatic carbocycles. The molecule has 1 aromatic heterocycles. The zero-order valence-corrected chi connectivity index (χ0v) is 15.5. The second-order valence-electron chi connectivity index (χ2n) is 6.23. The van der Waals surface area contributed by atoms with Gasteiger partial charge in [0.2, 0.25) is 0 Å². The summed E-state index contributed by atoms with van der Waals surface area (Å²) in [5.74, 6) is 1.05. The molecule has 2 heterocycles. The number of carbonyl (C=O) groups is 2. The monoisotopic (exact) mass is 370 g/mol. The van der Waals surface area contributed by atoms with Crippen LogP contribution in [0.2, 0.25) is 0 Å². The Hall–Kier alpha value is -3.22. The van der Waals surface area contributed by atoms with Gasteiger partial charge in [-0.2, -0.15) is 0 Å². The maximum Gasteiger partial charge on any atom is 0.273 e. The van der Waals surface area contributed by atoms with Gasteiger partial charge in [0, 0.05) is 23.6 Å². The molecule has 7 nitrogen and oxygen atoms in total. The molecule has 3 rings (SSSR count). The molecule has 0 radical (unpaired) electrons. The zero-order valence-electron chi connectivity index (χ0n) is 15.5. The van der Waals surface area contributed by atoms with Gasteiger partial charge in [-0.15, -0.1) is 0 Å². The van der Waals surface area contributed by atoms with Crippen molar-refractivity contribution in [3.8, 4) is 11.5 Å². The first kappa shape index (κ1) is 18.6. The van der Waals surface area contributed by atoms with Crippen LogP contribution < -0.4 is 20.3 Å². The fourth-order valence-corrected chi connectivity index (χ4v) is 2.88. The van der Waals surface area contributed by atoms with Crippen molar-refractivity contribution in [2.75, 3.05) is 6.61 Å². The summed E-state index contributed by atoms with van der Waals surface area (Å²) in [6, 6.07) is 5.34. The van der Waals surface area contributed by atoms with Gasteiger partial charge < -0.3 is 13.9 Å². The molecule has 0 aliphatic carbocycles. The van der Waals surface area contributed by atoms with Crippen LogP contribution in [0, 0.1) is 6.92 Å². The highest BCUT2D eigenvalue weighted by molar-refractivity contribution is 5.98. The van der Waals surface area contributed by atoms with Crippen LogP contribution in [0.4, 0.5) is 0 Å². The number of fused-ring (bicyclic) bond motifs is 1. The number of hydrazine groups is 1. The molecule has 1 aliphatic heterocycles. The Balaban J connectivity index is 1.66. The molecule has 1 aliphatic rings. The first-order valence-corrected chi connectivity index (χ1v) is 8.76. The van der Waals surface area contributed by atoms with E-state index in [9.17, 15) is 9.59 Å². The smallest absolute Gasteiger partial charge is 0.273 e. The van der Waals surface area contributed by atoms with Crippen LogP contribution in [0.25, 0.3) is 6.08 Å². The largest absolute Gasteiger partial charge is 0.493 e. The van der Waals surface area contributed by atoms with Crippen molar-refractivity contribution in [3.63, 3.8) is 0 Å². The summed E-state index contributed by atoms with van der Waals surface area (Å²) < 4.78 is 16.5. The van der Waals surface area contributed by atoms with Crippen LogP contribution in [0.15, 0.2) is 35.0 Å². The summed E-state index contributed by atoms with van der Waals surface area (Å²) in [4.78, 5) is 24.0. The van der Waals surface area contributed by atoms with E-state index in [1.807, 2.05) is 26.0 Å². The average molecular weight is 370 g/mol. The minimum atomic E-state index is -0.471. The van der Waals surface area contributed by atoms with Crippen molar-refractivity contribution in [2.45, 2.75) is 33.3 Å². The number of hydrogen-bond donors (Lipinski definition) is 2. The zero-order chi connectivity index (χ0) is 19.4. The van der Waals surface area contributed by atoms with Gasteiger partial charge in [-0.1, -0.05) is 0 Å². The summed E-state index contributed by atoms with van der Waals surface area (Å²) in [5.41, 5.74) is 6.87. The summed E-state index contributed by atoms with van der Waals surface area (Å²) in [6.07, 6.45) is 5.32. The number of carbonyl (C=O) groups excluding carboxylic acids is 2. The first-order valence-electron chi connectivity index (χ1n) is 8.76. The Morgan fingerprint density at radius 3 is 2.85 bits per heavy atom. The van der Waals surface area contributed by atoms with Crippen LogP contribution in [0.1, 0.15) is 41.1 Å². The van der Waals surface area contributed by atoms with Crippen molar-refractivity contribution in [3.05, 3.63) is 53.0 Å². The quantitative estimate of drug-likeness (QED) is 0.624. The van der Waals surface area contributed by atoms with E-state index in [0.717, 1.165) is 23.3 Å². The molecule has 2 amide bonds. The van der Waals surface area contributed by atoms with Gasteiger partial charge in [-0.25, -0.2) is 0 Å². The van der Waals surface area contributed by atoms with Gasteiger partial charge in [-0.05, 0) is 45.0 Å². The maximum atomic E-state index is 12.0. The predicted octanol–water partition coefficient (Wildman–Crippen LogP) is 2.78. The van der Waals surface area contributed by atoms with E-state index >= 15 is 0 Å². The Bertz CT molecular complexity index is 884. The fourth-order valence-electron chi connectivity index (χ4n) is 2.88. The Morgan fingerprint density at radius 2 is 2.15 bits per heavy atom. The van der Waals surface area contributed by atoms with Crippen LogP contribution in [-0.2, 0) is 11.2 Å². The van der Waals surface area contributed by atoms with E-state index < -0.39 is 11.8 Å². The van der Waals surface area contributed by atoms with E-state index in [4.69, 9.17) is 13.9 Å². The van der Waals surface area contributed by atoms with Crippen molar-refractivity contribution >= 4 is 17.9 Å². The van der Waals surface area contributed by atoms with Crippen molar-refractivity contribution in [2.24, 2.45) is 0 Å². The molecule has 0 unspecified atom stereocenters. The number of benzene rings is 1. The van der Waals surface area contributed by atoms with Crippen LogP contribution in [-0.4, -0.2) is 24.5 Å².